The highest BCUT2D eigenvalue weighted by Gasteiger charge is 2.31. The zero-order valence-electron chi connectivity index (χ0n) is 31.2. The Kier molecular flexibility index (Phi) is 9.79. The van der Waals surface area contributed by atoms with E-state index >= 15 is 0 Å². The summed E-state index contributed by atoms with van der Waals surface area (Å²) in [5.74, 6) is 3.99. The van der Waals surface area contributed by atoms with E-state index in [1.807, 2.05) is 0 Å². The van der Waals surface area contributed by atoms with Crippen LogP contribution in [0.5, 0.6) is 0 Å². The van der Waals surface area contributed by atoms with Crippen molar-refractivity contribution >= 4 is 0 Å². The van der Waals surface area contributed by atoms with E-state index in [-0.39, 0.29) is 0 Å². The van der Waals surface area contributed by atoms with Crippen LogP contribution in [0, 0.1) is 6.92 Å². The van der Waals surface area contributed by atoms with Crippen molar-refractivity contribution < 1.29 is 9.13 Å². The van der Waals surface area contributed by atoms with Gasteiger partial charge in [-0.2, -0.15) is 9.13 Å². The lowest BCUT2D eigenvalue weighted by molar-refractivity contribution is -0.676. The lowest BCUT2D eigenvalue weighted by atomic mass is 9.92. The zero-order valence-corrected chi connectivity index (χ0v) is 31.2. The molecule has 0 fully saturated rings. The molecule has 0 spiro atoms. The maximum absolute atomic E-state index is 2.46. The average molecular weight is 651 g/mol. The first-order valence-corrected chi connectivity index (χ1v) is 18.1. The first-order chi connectivity index (χ1) is 23.5. The Labute approximate surface area is 294 Å². The smallest absolute Gasteiger partial charge is 0.232 e. The molecule has 0 atom stereocenters. The van der Waals surface area contributed by atoms with Crippen LogP contribution in [0.2, 0.25) is 0 Å². The Morgan fingerprint density at radius 2 is 0.959 bits per heavy atom. The molecule has 6 rings (SSSR count). The summed E-state index contributed by atoms with van der Waals surface area (Å²) in [5.41, 5.74) is 13.2. The number of hydrogen-bond acceptors (Lipinski definition) is 0. The molecule has 0 unspecified atom stereocenters. The Morgan fingerprint density at radius 1 is 0.510 bits per heavy atom. The third kappa shape index (κ3) is 6.41. The number of hydrogen-bond donors (Lipinski definition) is 0. The van der Waals surface area contributed by atoms with Gasteiger partial charge in [0.2, 0.25) is 0 Å². The minimum absolute atomic E-state index is 0.396. The summed E-state index contributed by atoms with van der Waals surface area (Å²) >= 11 is 0. The van der Waals surface area contributed by atoms with Gasteiger partial charge in [-0.1, -0.05) is 128 Å². The van der Waals surface area contributed by atoms with Gasteiger partial charge in [0.05, 0.1) is 18.2 Å². The van der Waals surface area contributed by atoms with E-state index < -0.39 is 0 Å². The molecule has 0 aliphatic heterocycles. The molecule has 4 heteroatoms. The number of aryl methyl sites for hydroxylation is 2. The normalized spacial score (nSPS) is 11.9. The van der Waals surface area contributed by atoms with Crippen molar-refractivity contribution in [1.29, 1.82) is 0 Å². The Balaban J connectivity index is 1.57. The number of benzene rings is 4. The van der Waals surface area contributed by atoms with E-state index in [1.54, 1.807) is 0 Å². The molecule has 252 valence electrons. The quantitative estimate of drug-likeness (QED) is 0.131. The van der Waals surface area contributed by atoms with Crippen LogP contribution in [0.1, 0.15) is 112 Å². The third-order valence-electron chi connectivity index (χ3n) is 10.0. The van der Waals surface area contributed by atoms with Gasteiger partial charge in [-0.3, -0.25) is 0 Å². The molecule has 4 nitrogen and oxygen atoms in total. The van der Waals surface area contributed by atoms with Crippen LogP contribution >= 0.6 is 0 Å². The molecule has 2 aromatic heterocycles. The number of rotatable bonds is 10. The van der Waals surface area contributed by atoms with Crippen molar-refractivity contribution in [2.45, 2.75) is 92.5 Å². The van der Waals surface area contributed by atoms with E-state index in [0.29, 0.717) is 23.7 Å². The molecule has 49 heavy (non-hydrogen) atoms. The number of nitrogens with zero attached hydrogens (tertiary/aromatic N) is 4. The van der Waals surface area contributed by atoms with E-state index in [9.17, 15) is 0 Å². The molecule has 0 saturated carbocycles. The SMILES string of the molecule is Cc1ccccc1-c1n(-c2c(C(C)C)cccc2C(C)C)cc[n+]1Cc1ccccc1-c1n(-c2c(C(C)C)cccc2C(C)C)cc[n+]1C. The molecule has 2 heterocycles. The van der Waals surface area contributed by atoms with Gasteiger partial charge in [0.1, 0.15) is 42.7 Å². The van der Waals surface area contributed by atoms with Gasteiger partial charge in [0.25, 0.3) is 11.6 Å². The molecule has 6 aromatic rings. The van der Waals surface area contributed by atoms with Gasteiger partial charge in [0, 0.05) is 27.8 Å². The van der Waals surface area contributed by atoms with Gasteiger partial charge in [0.15, 0.2) is 0 Å². The minimum Gasteiger partial charge on any atom is -0.232 e. The second kappa shape index (κ2) is 14.0. The zero-order chi connectivity index (χ0) is 35.0. The molecule has 0 radical (unpaired) electrons. The van der Waals surface area contributed by atoms with Crippen LogP contribution in [-0.4, -0.2) is 9.13 Å². The molecular weight excluding hydrogens is 597 g/mol. The summed E-state index contributed by atoms with van der Waals surface area (Å²) in [6.45, 7) is 21.4. The topological polar surface area (TPSA) is 17.6 Å². The summed E-state index contributed by atoms with van der Waals surface area (Å²) in [6.07, 6.45) is 9.02. The summed E-state index contributed by atoms with van der Waals surface area (Å²) in [6, 6.07) is 31.4. The fourth-order valence-electron chi connectivity index (χ4n) is 7.46. The van der Waals surface area contributed by atoms with E-state index in [2.05, 4.69) is 197 Å². The first-order valence-electron chi connectivity index (χ1n) is 18.1. The highest BCUT2D eigenvalue weighted by molar-refractivity contribution is 5.65. The van der Waals surface area contributed by atoms with Gasteiger partial charge < -0.3 is 0 Å². The Hall–Kier alpha value is -4.70. The first kappa shape index (κ1) is 34.2. The van der Waals surface area contributed by atoms with Crippen LogP contribution in [0.25, 0.3) is 34.2 Å². The second-order valence-corrected chi connectivity index (χ2v) is 14.9. The predicted molar refractivity (Wildman–Crippen MR) is 204 cm³/mol. The van der Waals surface area contributed by atoms with Crippen LogP contribution in [0.4, 0.5) is 0 Å². The molecule has 0 amide bonds. The number of para-hydroxylation sites is 2. The largest absolute Gasteiger partial charge is 0.294 e. The minimum atomic E-state index is 0.396. The van der Waals surface area contributed by atoms with Crippen molar-refractivity contribution in [1.82, 2.24) is 9.13 Å². The van der Waals surface area contributed by atoms with Crippen molar-refractivity contribution in [3.8, 4) is 34.2 Å². The lowest BCUT2D eigenvalue weighted by Crippen LogP contribution is -2.36. The molecule has 0 aliphatic carbocycles. The van der Waals surface area contributed by atoms with Crippen molar-refractivity contribution in [2.24, 2.45) is 7.05 Å². The predicted octanol–water partition coefficient (Wildman–Crippen LogP) is 10.6. The standard InChI is InChI=1S/C45H54N4/c1-30(2)36-21-15-22-37(31(3)4)42(36)48-27-25-46(10)44(48)41-20-14-12-18-35(41)29-47-26-28-49(45(47)40-19-13-11-17-34(40)9)43-38(32(5)6)23-16-24-39(43)33(7)8/h11-28,30-33H,29H2,1-10H3/q+2. The number of imidazole rings is 2. The Bertz CT molecular complexity index is 2030. The van der Waals surface area contributed by atoms with Crippen molar-refractivity contribution in [3.05, 3.63) is 143 Å². The van der Waals surface area contributed by atoms with Gasteiger partial charge in [-0.15, -0.1) is 0 Å². The molecule has 4 aromatic carbocycles. The fraction of sp³-hybridized carbons (Fsp3) is 0.333. The van der Waals surface area contributed by atoms with Gasteiger partial charge in [-0.25, -0.2) is 9.13 Å². The molecule has 0 bridgehead atoms. The lowest BCUT2D eigenvalue weighted by Gasteiger charge is -2.19. The van der Waals surface area contributed by atoms with E-state index in [4.69, 9.17) is 0 Å². The average Bonchev–Trinajstić information content (AvgIpc) is 3.67. The Morgan fingerprint density at radius 3 is 1.47 bits per heavy atom. The van der Waals surface area contributed by atoms with Crippen molar-refractivity contribution in [3.63, 3.8) is 0 Å². The van der Waals surface area contributed by atoms with Crippen LogP contribution in [0.3, 0.4) is 0 Å². The third-order valence-corrected chi connectivity index (χ3v) is 10.0. The van der Waals surface area contributed by atoms with Crippen LogP contribution in [-0.2, 0) is 13.6 Å². The monoisotopic (exact) mass is 650 g/mol. The summed E-state index contributed by atoms with van der Waals surface area (Å²) in [7, 11) is 2.17. The summed E-state index contributed by atoms with van der Waals surface area (Å²) < 4.78 is 9.64. The summed E-state index contributed by atoms with van der Waals surface area (Å²) in [5, 5.41) is 0. The maximum atomic E-state index is 2.46. The summed E-state index contributed by atoms with van der Waals surface area (Å²) in [4.78, 5) is 0. The van der Waals surface area contributed by atoms with Crippen LogP contribution < -0.4 is 9.13 Å². The van der Waals surface area contributed by atoms with E-state index in [0.717, 1.165) is 6.54 Å². The number of aromatic nitrogens is 4. The van der Waals surface area contributed by atoms with Crippen LogP contribution in [0.15, 0.2) is 110 Å². The molecule has 0 aliphatic rings. The van der Waals surface area contributed by atoms with Crippen molar-refractivity contribution in [2.75, 3.05) is 0 Å². The fourth-order valence-corrected chi connectivity index (χ4v) is 7.46. The second-order valence-electron chi connectivity index (χ2n) is 14.9. The molecule has 0 saturated heterocycles. The highest BCUT2D eigenvalue weighted by Crippen LogP contribution is 2.36. The molecule has 0 N–H and O–H groups in total. The van der Waals surface area contributed by atoms with Gasteiger partial charge >= 0.3 is 0 Å². The molecular formula is C45H54N4+2. The van der Waals surface area contributed by atoms with Gasteiger partial charge in [-0.05, 0) is 48.3 Å². The van der Waals surface area contributed by atoms with E-state index in [1.165, 1.54) is 67.5 Å². The maximum Gasteiger partial charge on any atom is 0.294 e. The highest BCUT2D eigenvalue weighted by atomic mass is 15.2.